The summed E-state index contributed by atoms with van der Waals surface area (Å²) in [7, 11) is 0. The van der Waals surface area contributed by atoms with Gasteiger partial charge in [-0.1, -0.05) is 29.8 Å². The Labute approximate surface area is 171 Å². The van der Waals surface area contributed by atoms with Crippen molar-refractivity contribution in [3.63, 3.8) is 0 Å². The van der Waals surface area contributed by atoms with Crippen molar-refractivity contribution in [2.24, 2.45) is 5.84 Å². The number of hydrogen-bond acceptors (Lipinski definition) is 7. The maximum Gasteiger partial charge on any atom is 0.434 e. The van der Waals surface area contributed by atoms with Crippen molar-refractivity contribution in [1.82, 2.24) is 4.98 Å². The molecule has 11 heteroatoms. The number of anilines is 3. The first kappa shape index (κ1) is 19.9. The van der Waals surface area contributed by atoms with Crippen LogP contribution in [0.1, 0.15) is 12.0 Å². The maximum atomic E-state index is 13.8. The highest BCUT2D eigenvalue weighted by atomic mass is 35.5. The lowest BCUT2D eigenvalue weighted by atomic mass is 10.2. The minimum absolute atomic E-state index is 0.141. The van der Waals surface area contributed by atoms with Crippen molar-refractivity contribution >= 4 is 28.9 Å². The van der Waals surface area contributed by atoms with Crippen molar-refractivity contribution in [1.29, 1.82) is 0 Å². The molecule has 4 rings (SSSR count). The number of ether oxygens (including phenoxy) is 2. The third-order valence-electron chi connectivity index (χ3n) is 4.87. The van der Waals surface area contributed by atoms with Crippen LogP contribution in [0.3, 0.4) is 0 Å². The SMILES string of the molecule is Nc1c(N(N)Cc2ccccc2Cl)nc(OC2COC2)[nH+]c1N1CCC(F)(F)C1. The number of nitrogens with one attached hydrogen (secondary N) is 1. The summed E-state index contributed by atoms with van der Waals surface area (Å²) in [5.74, 6) is 3.96. The first-order valence-corrected chi connectivity index (χ1v) is 9.56. The molecule has 2 saturated heterocycles. The summed E-state index contributed by atoms with van der Waals surface area (Å²) in [6.45, 7) is 0.787. The normalized spacial score (nSPS) is 18.6. The van der Waals surface area contributed by atoms with E-state index in [1.807, 2.05) is 18.2 Å². The third kappa shape index (κ3) is 4.29. The molecule has 1 aromatic heterocycles. The molecule has 3 heterocycles. The van der Waals surface area contributed by atoms with Crippen molar-refractivity contribution in [3.8, 4) is 6.01 Å². The number of benzene rings is 1. The molecule has 2 aliphatic heterocycles. The Morgan fingerprint density at radius 2 is 2.14 bits per heavy atom. The Kier molecular flexibility index (Phi) is 5.32. The van der Waals surface area contributed by atoms with E-state index < -0.39 is 12.5 Å². The Morgan fingerprint density at radius 3 is 2.76 bits per heavy atom. The second kappa shape index (κ2) is 7.77. The number of H-pyrrole nitrogens is 1. The first-order valence-electron chi connectivity index (χ1n) is 9.18. The van der Waals surface area contributed by atoms with E-state index in [2.05, 4.69) is 9.97 Å². The molecule has 2 aromatic rings. The maximum absolute atomic E-state index is 13.8. The molecule has 0 unspecified atom stereocenters. The molecule has 0 spiro atoms. The van der Waals surface area contributed by atoms with Gasteiger partial charge in [-0.2, -0.15) is 0 Å². The van der Waals surface area contributed by atoms with E-state index in [0.29, 0.717) is 24.1 Å². The van der Waals surface area contributed by atoms with Gasteiger partial charge in [0.2, 0.25) is 0 Å². The van der Waals surface area contributed by atoms with Crippen LogP contribution in [0.5, 0.6) is 6.01 Å². The predicted molar refractivity (Wildman–Crippen MR) is 104 cm³/mol. The Bertz CT molecular complexity index is 899. The summed E-state index contributed by atoms with van der Waals surface area (Å²) in [5, 5.41) is 1.87. The minimum Gasteiger partial charge on any atom is -0.433 e. The van der Waals surface area contributed by atoms with Crippen LogP contribution >= 0.6 is 11.6 Å². The van der Waals surface area contributed by atoms with E-state index in [1.54, 1.807) is 6.07 Å². The van der Waals surface area contributed by atoms with E-state index in [0.717, 1.165) is 5.56 Å². The first-order chi connectivity index (χ1) is 13.8. The minimum atomic E-state index is -2.79. The number of nitrogens with two attached hydrogens (primary N) is 2. The summed E-state index contributed by atoms with van der Waals surface area (Å²) >= 11 is 6.22. The molecule has 2 aliphatic rings. The molecule has 0 atom stereocenters. The molecule has 8 nitrogen and oxygen atoms in total. The van der Waals surface area contributed by atoms with Crippen molar-refractivity contribution in [2.75, 3.05) is 41.9 Å². The van der Waals surface area contributed by atoms with Crippen LogP contribution < -0.4 is 31.2 Å². The van der Waals surface area contributed by atoms with Crippen LogP contribution in [-0.4, -0.2) is 43.3 Å². The van der Waals surface area contributed by atoms with Crippen LogP contribution in [0.15, 0.2) is 24.3 Å². The summed E-state index contributed by atoms with van der Waals surface area (Å²) < 4.78 is 38.4. The Hall–Kier alpha value is -2.43. The second-order valence-corrected chi connectivity index (χ2v) is 7.56. The van der Waals surface area contributed by atoms with Crippen molar-refractivity contribution < 1.29 is 23.2 Å². The standard InChI is InChI=1S/C18H21ClF2N6O2/c19-13-4-2-1-3-11(13)7-27(23)16-14(22)15(26-6-5-18(20,21)10-26)24-17(25-16)29-12-8-28-9-12/h1-4,12H,5-10,22-23H2/p+1. The zero-order valence-corrected chi connectivity index (χ0v) is 16.3. The highest BCUT2D eigenvalue weighted by molar-refractivity contribution is 6.31. The molecule has 29 heavy (non-hydrogen) atoms. The molecular weight excluding hydrogens is 406 g/mol. The molecule has 0 amide bonds. The van der Waals surface area contributed by atoms with Crippen LogP contribution in [0, 0.1) is 0 Å². The lowest BCUT2D eigenvalue weighted by Crippen LogP contribution is -2.42. The topological polar surface area (TPSA) is 104 Å². The average Bonchev–Trinajstić information content (AvgIpc) is 3.00. The highest BCUT2D eigenvalue weighted by Crippen LogP contribution is 2.35. The summed E-state index contributed by atoms with van der Waals surface area (Å²) in [5.41, 5.74) is 7.21. The van der Waals surface area contributed by atoms with E-state index in [9.17, 15) is 8.78 Å². The summed E-state index contributed by atoms with van der Waals surface area (Å²) in [4.78, 5) is 8.79. The van der Waals surface area contributed by atoms with Crippen LogP contribution in [-0.2, 0) is 11.3 Å². The van der Waals surface area contributed by atoms with Gasteiger partial charge in [0.15, 0.2) is 11.8 Å². The second-order valence-electron chi connectivity index (χ2n) is 7.15. The molecule has 156 valence electrons. The number of halogens is 3. The molecule has 2 fully saturated rings. The number of rotatable bonds is 6. The van der Waals surface area contributed by atoms with Gasteiger partial charge in [-0.15, -0.1) is 0 Å². The van der Waals surface area contributed by atoms with Gasteiger partial charge in [0.1, 0.15) is 6.54 Å². The highest BCUT2D eigenvalue weighted by Gasteiger charge is 2.43. The number of nitrogen functional groups attached to an aromatic ring is 1. The zero-order valence-electron chi connectivity index (χ0n) is 15.6. The van der Waals surface area contributed by atoms with Gasteiger partial charge in [0.05, 0.1) is 26.3 Å². The van der Waals surface area contributed by atoms with Crippen LogP contribution in [0.25, 0.3) is 0 Å². The van der Waals surface area contributed by atoms with E-state index in [-0.39, 0.29) is 43.1 Å². The smallest absolute Gasteiger partial charge is 0.433 e. The molecule has 0 aliphatic carbocycles. The molecule has 5 N–H and O–H groups in total. The van der Waals surface area contributed by atoms with Crippen LogP contribution in [0.4, 0.5) is 26.1 Å². The predicted octanol–water partition coefficient (Wildman–Crippen LogP) is 1.63. The fraction of sp³-hybridized carbons (Fsp3) is 0.444. The molecular formula is C18H22ClF2N6O2+. The lowest BCUT2D eigenvalue weighted by Gasteiger charge is -2.25. The number of aromatic nitrogens is 2. The zero-order chi connectivity index (χ0) is 20.6. The number of alkyl halides is 2. The third-order valence-corrected chi connectivity index (χ3v) is 5.24. The van der Waals surface area contributed by atoms with Gasteiger partial charge in [0, 0.05) is 11.4 Å². The fourth-order valence-corrected chi connectivity index (χ4v) is 3.43. The van der Waals surface area contributed by atoms with Gasteiger partial charge in [-0.3, -0.25) is 9.91 Å². The Morgan fingerprint density at radius 1 is 1.38 bits per heavy atom. The number of hydrazine groups is 1. The van der Waals surface area contributed by atoms with E-state index in [1.165, 1.54) is 9.91 Å². The lowest BCUT2D eigenvalue weighted by molar-refractivity contribution is -0.391. The molecule has 0 radical (unpaired) electrons. The monoisotopic (exact) mass is 427 g/mol. The van der Waals surface area contributed by atoms with Gasteiger partial charge in [-0.05, 0) is 16.6 Å². The van der Waals surface area contributed by atoms with Crippen molar-refractivity contribution in [2.45, 2.75) is 25.0 Å². The van der Waals surface area contributed by atoms with Gasteiger partial charge in [0.25, 0.3) is 17.6 Å². The van der Waals surface area contributed by atoms with Gasteiger partial charge in [-0.25, -0.2) is 19.6 Å². The summed E-state index contributed by atoms with van der Waals surface area (Å²) in [6, 6.07) is 7.38. The largest absolute Gasteiger partial charge is 0.434 e. The summed E-state index contributed by atoms with van der Waals surface area (Å²) in [6.07, 6.45) is -0.422. The molecule has 0 saturated carbocycles. The van der Waals surface area contributed by atoms with Gasteiger partial charge >= 0.3 is 6.01 Å². The number of hydrogen-bond donors (Lipinski definition) is 2. The average molecular weight is 428 g/mol. The van der Waals surface area contributed by atoms with Crippen LogP contribution in [0.2, 0.25) is 5.02 Å². The van der Waals surface area contributed by atoms with Gasteiger partial charge < -0.3 is 15.2 Å². The number of nitrogens with zero attached hydrogens (tertiary/aromatic N) is 3. The molecule has 1 aromatic carbocycles. The van der Waals surface area contributed by atoms with E-state index >= 15 is 0 Å². The Balaban J connectivity index is 1.66. The van der Waals surface area contributed by atoms with E-state index in [4.69, 9.17) is 32.7 Å². The molecule has 0 bridgehead atoms. The quantitative estimate of drug-likeness (QED) is 0.533. The fourth-order valence-electron chi connectivity index (χ4n) is 3.23. The van der Waals surface area contributed by atoms with Crippen molar-refractivity contribution in [3.05, 3.63) is 34.9 Å². The number of aromatic amines is 1.